The fourth-order valence-corrected chi connectivity index (χ4v) is 2.42. The van der Waals surface area contributed by atoms with Gasteiger partial charge in [0.1, 0.15) is 11.5 Å². The maximum Gasteiger partial charge on any atom is 0.122 e. The molecule has 20 heavy (non-hydrogen) atoms. The summed E-state index contributed by atoms with van der Waals surface area (Å²) < 4.78 is 5.71. The highest BCUT2D eigenvalue weighted by Crippen LogP contribution is 2.22. The Hall–Kier alpha value is -1.58. The number of hydrogen-bond donors (Lipinski definition) is 1. The average Bonchev–Trinajstić information content (AvgIpc) is 2.87. The number of likely N-dealkylation sites (N-methyl/N-ethyl adjacent to an activating group) is 1. The fraction of sp³-hybridized carbons (Fsp3) is 0.412. The van der Waals surface area contributed by atoms with Crippen molar-refractivity contribution < 1.29 is 4.42 Å². The van der Waals surface area contributed by atoms with Crippen LogP contribution in [0.4, 0.5) is 0 Å². The summed E-state index contributed by atoms with van der Waals surface area (Å²) >= 11 is 0. The van der Waals surface area contributed by atoms with E-state index in [4.69, 9.17) is 10.2 Å². The molecule has 2 rings (SSSR count). The molecule has 0 bridgehead atoms. The molecule has 2 N–H and O–H groups in total. The molecule has 108 valence electrons. The van der Waals surface area contributed by atoms with Crippen LogP contribution in [0.2, 0.25) is 0 Å². The van der Waals surface area contributed by atoms with E-state index in [1.807, 2.05) is 19.1 Å². The highest BCUT2D eigenvalue weighted by Gasteiger charge is 2.18. The third-order valence-corrected chi connectivity index (χ3v) is 3.71. The Kier molecular flexibility index (Phi) is 4.99. The van der Waals surface area contributed by atoms with Crippen molar-refractivity contribution in [2.45, 2.75) is 32.9 Å². The average molecular weight is 272 g/mol. The monoisotopic (exact) mass is 272 g/mol. The maximum atomic E-state index is 5.91. The van der Waals surface area contributed by atoms with E-state index >= 15 is 0 Å². The van der Waals surface area contributed by atoms with Crippen LogP contribution in [0.15, 0.2) is 40.8 Å². The van der Waals surface area contributed by atoms with Gasteiger partial charge in [0.05, 0.1) is 6.04 Å². The molecule has 3 heteroatoms. The Labute approximate surface area is 121 Å². The van der Waals surface area contributed by atoms with Crippen molar-refractivity contribution in [2.75, 3.05) is 13.6 Å². The Morgan fingerprint density at radius 3 is 2.25 bits per heavy atom. The van der Waals surface area contributed by atoms with E-state index in [2.05, 4.69) is 43.1 Å². The van der Waals surface area contributed by atoms with E-state index in [1.54, 1.807) is 0 Å². The number of nitrogens with two attached hydrogens (primary N) is 1. The largest absolute Gasteiger partial charge is 0.465 e. The van der Waals surface area contributed by atoms with E-state index in [1.165, 1.54) is 11.1 Å². The molecule has 0 amide bonds. The molecular weight excluding hydrogens is 248 g/mol. The van der Waals surface area contributed by atoms with Crippen LogP contribution in [-0.4, -0.2) is 18.5 Å². The molecule has 0 spiro atoms. The molecule has 0 aliphatic rings. The molecule has 1 aromatic carbocycles. The molecule has 0 aliphatic carbocycles. The van der Waals surface area contributed by atoms with Gasteiger partial charge < -0.3 is 10.2 Å². The van der Waals surface area contributed by atoms with Crippen molar-refractivity contribution in [1.82, 2.24) is 4.90 Å². The van der Waals surface area contributed by atoms with E-state index in [0.29, 0.717) is 6.54 Å². The number of nitrogens with zero attached hydrogens (tertiary/aromatic N) is 1. The normalized spacial score (nSPS) is 12.8. The van der Waals surface area contributed by atoms with Crippen LogP contribution in [-0.2, 0) is 13.0 Å². The van der Waals surface area contributed by atoms with Crippen LogP contribution in [0.3, 0.4) is 0 Å². The standard InChI is InChI=1S/C17H24N2O/c1-4-14-6-8-15(9-7-14)12-19(3)16(11-18)17-10-5-13(2)20-17/h5-10,16H,4,11-12,18H2,1-3H3. The smallest absolute Gasteiger partial charge is 0.122 e. The highest BCUT2D eigenvalue weighted by molar-refractivity contribution is 5.22. The van der Waals surface area contributed by atoms with Crippen molar-refractivity contribution >= 4 is 0 Å². The van der Waals surface area contributed by atoms with Crippen molar-refractivity contribution in [2.24, 2.45) is 5.73 Å². The summed E-state index contributed by atoms with van der Waals surface area (Å²) in [6.45, 7) is 5.55. The summed E-state index contributed by atoms with van der Waals surface area (Å²) in [5, 5.41) is 0. The lowest BCUT2D eigenvalue weighted by Crippen LogP contribution is -2.29. The van der Waals surface area contributed by atoms with Gasteiger partial charge in [0.2, 0.25) is 0 Å². The van der Waals surface area contributed by atoms with Crippen LogP contribution >= 0.6 is 0 Å². The molecule has 0 fully saturated rings. The van der Waals surface area contributed by atoms with Crippen molar-refractivity contribution in [1.29, 1.82) is 0 Å². The molecule has 0 radical (unpaired) electrons. The third-order valence-electron chi connectivity index (χ3n) is 3.71. The Morgan fingerprint density at radius 1 is 1.10 bits per heavy atom. The third kappa shape index (κ3) is 3.50. The quantitative estimate of drug-likeness (QED) is 0.877. The van der Waals surface area contributed by atoms with Crippen LogP contribution in [0.25, 0.3) is 0 Å². The zero-order valence-electron chi connectivity index (χ0n) is 12.6. The molecule has 1 unspecified atom stereocenters. The molecule has 2 aromatic rings. The lowest BCUT2D eigenvalue weighted by molar-refractivity contribution is 0.211. The van der Waals surface area contributed by atoms with Crippen molar-refractivity contribution in [3.05, 3.63) is 59.0 Å². The van der Waals surface area contributed by atoms with Gasteiger partial charge in [0.15, 0.2) is 0 Å². The summed E-state index contributed by atoms with van der Waals surface area (Å²) in [4.78, 5) is 2.24. The molecule has 0 saturated heterocycles. The minimum absolute atomic E-state index is 0.120. The Bertz CT molecular complexity index is 530. The fourth-order valence-electron chi connectivity index (χ4n) is 2.42. The van der Waals surface area contributed by atoms with Crippen LogP contribution in [0, 0.1) is 6.92 Å². The predicted molar refractivity (Wildman–Crippen MR) is 82.5 cm³/mol. The minimum atomic E-state index is 0.120. The molecule has 0 aliphatic heterocycles. The molecule has 1 atom stereocenters. The topological polar surface area (TPSA) is 42.4 Å². The van der Waals surface area contributed by atoms with Gasteiger partial charge in [0, 0.05) is 13.1 Å². The Balaban J connectivity index is 2.06. The first kappa shape index (κ1) is 14.8. The van der Waals surface area contributed by atoms with Gasteiger partial charge in [-0.1, -0.05) is 31.2 Å². The van der Waals surface area contributed by atoms with Gasteiger partial charge in [-0.2, -0.15) is 0 Å². The zero-order valence-corrected chi connectivity index (χ0v) is 12.6. The van der Waals surface area contributed by atoms with Crippen molar-refractivity contribution in [3.63, 3.8) is 0 Å². The summed E-state index contributed by atoms with van der Waals surface area (Å²) in [5.41, 5.74) is 8.58. The first-order valence-corrected chi connectivity index (χ1v) is 7.18. The van der Waals surface area contributed by atoms with E-state index in [9.17, 15) is 0 Å². The van der Waals surface area contributed by atoms with Crippen LogP contribution in [0.5, 0.6) is 0 Å². The number of hydrogen-bond acceptors (Lipinski definition) is 3. The zero-order chi connectivity index (χ0) is 14.5. The van der Waals surface area contributed by atoms with Crippen molar-refractivity contribution in [3.8, 4) is 0 Å². The number of aryl methyl sites for hydroxylation is 2. The SMILES string of the molecule is CCc1ccc(CN(C)C(CN)c2ccc(C)o2)cc1. The summed E-state index contributed by atoms with van der Waals surface area (Å²) in [6.07, 6.45) is 1.08. The molecule has 1 aromatic heterocycles. The lowest BCUT2D eigenvalue weighted by atomic mass is 10.1. The van der Waals surface area contributed by atoms with Crippen LogP contribution < -0.4 is 5.73 Å². The number of rotatable bonds is 6. The van der Waals surface area contributed by atoms with E-state index in [0.717, 1.165) is 24.5 Å². The van der Waals surface area contributed by atoms with Gasteiger partial charge in [-0.05, 0) is 43.7 Å². The van der Waals surface area contributed by atoms with Crippen LogP contribution in [0.1, 0.15) is 35.6 Å². The molecular formula is C17H24N2O. The molecule has 3 nitrogen and oxygen atoms in total. The molecule has 0 saturated carbocycles. The maximum absolute atomic E-state index is 5.91. The molecule has 1 heterocycles. The van der Waals surface area contributed by atoms with Gasteiger partial charge in [-0.15, -0.1) is 0 Å². The van der Waals surface area contributed by atoms with E-state index in [-0.39, 0.29) is 6.04 Å². The first-order chi connectivity index (χ1) is 9.63. The van der Waals surface area contributed by atoms with Gasteiger partial charge in [0.25, 0.3) is 0 Å². The Morgan fingerprint density at radius 2 is 1.75 bits per heavy atom. The van der Waals surface area contributed by atoms with Gasteiger partial charge in [-0.3, -0.25) is 4.90 Å². The minimum Gasteiger partial charge on any atom is -0.465 e. The van der Waals surface area contributed by atoms with E-state index < -0.39 is 0 Å². The first-order valence-electron chi connectivity index (χ1n) is 7.18. The second-order valence-electron chi connectivity index (χ2n) is 5.29. The summed E-state index contributed by atoms with van der Waals surface area (Å²) in [5.74, 6) is 1.87. The van der Waals surface area contributed by atoms with Gasteiger partial charge in [-0.25, -0.2) is 0 Å². The second kappa shape index (κ2) is 6.73. The summed E-state index contributed by atoms with van der Waals surface area (Å²) in [6, 6.07) is 12.9. The summed E-state index contributed by atoms with van der Waals surface area (Å²) in [7, 11) is 2.09. The predicted octanol–water partition coefficient (Wildman–Crippen LogP) is 3.28. The number of furan rings is 1. The van der Waals surface area contributed by atoms with Gasteiger partial charge >= 0.3 is 0 Å². The lowest BCUT2D eigenvalue weighted by Gasteiger charge is -2.25. The highest BCUT2D eigenvalue weighted by atomic mass is 16.3. The number of benzene rings is 1. The second-order valence-corrected chi connectivity index (χ2v) is 5.29.